The van der Waals surface area contributed by atoms with Crippen LogP contribution in [0.2, 0.25) is 0 Å². The van der Waals surface area contributed by atoms with Crippen LogP contribution in [0.3, 0.4) is 0 Å². The summed E-state index contributed by atoms with van der Waals surface area (Å²) in [6, 6.07) is 9.58. The Hall–Kier alpha value is -2.61. The van der Waals surface area contributed by atoms with E-state index in [0.29, 0.717) is 11.5 Å². The number of carbonyl (C=O) groups excluding carboxylic acids is 1. The van der Waals surface area contributed by atoms with E-state index >= 15 is 0 Å². The number of nitrogens with one attached hydrogen (secondary N) is 1. The third kappa shape index (κ3) is 5.43. The van der Waals surface area contributed by atoms with E-state index in [1.165, 1.54) is 25.3 Å². The van der Waals surface area contributed by atoms with Gasteiger partial charge in [0, 0.05) is 22.2 Å². The summed E-state index contributed by atoms with van der Waals surface area (Å²) in [4.78, 5) is 22.7. The molecule has 0 atom stereocenters. The molecule has 2 rings (SSSR count). The van der Waals surface area contributed by atoms with Gasteiger partial charge in [-0.2, -0.15) is 0 Å². The van der Waals surface area contributed by atoms with E-state index in [-0.39, 0.29) is 23.4 Å². The first-order chi connectivity index (χ1) is 12.6. The molecule has 0 aliphatic rings. The number of non-ortho nitro benzene ring substituents is 1. The summed E-state index contributed by atoms with van der Waals surface area (Å²) in [5, 5.41) is 13.5. The number of carbonyl (C=O) groups is 1. The SMILES string of the molecule is COc1ccc([N+](=O)[O-])cc1NC(=O)COc1ccc(Br)cc1C(C)(C)C. The molecule has 27 heavy (non-hydrogen) atoms. The van der Waals surface area contributed by atoms with Crippen LogP contribution in [0.15, 0.2) is 40.9 Å². The number of halogens is 1. The molecule has 144 valence electrons. The van der Waals surface area contributed by atoms with E-state index in [2.05, 4.69) is 42.0 Å². The summed E-state index contributed by atoms with van der Waals surface area (Å²) in [6.07, 6.45) is 0. The van der Waals surface area contributed by atoms with E-state index in [0.717, 1.165) is 10.0 Å². The molecule has 0 aliphatic carbocycles. The molecule has 0 heterocycles. The topological polar surface area (TPSA) is 90.7 Å². The van der Waals surface area contributed by atoms with Gasteiger partial charge in [0.2, 0.25) is 0 Å². The Morgan fingerprint density at radius 3 is 2.44 bits per heavy atom. The molecular weight excluding hydrogens is 416 g/mol. The van der Waals surface area contributed by atoms with E-state index in [4.69, 9.17) is 9.47 Å². The number of hydrogen-bond donors (Lipinski definition) is 1. The lowest BCUT2D eigenvalue weighted by molar-refractivity contribution is -0.384. The van der Waals surface area contributed by atoms with E-state index in [1.807, 2.05) is 12.1 Å². The second kappa shape index (κ2) is 8.39. The highest BCUT2D eigenvalue weighted by Gasteiger charge is 2.20. The highest BCUT2D eigenvalue weighted by Crippen LogP contribution is 2.34. The molecule has 2 aromatic carbocycles. The molecule has 0 bridgehead atoms. The summed E-state index contributed by atoms with van der Waals surface area (Å²) in [6.45, 7) is 5.91. The predicted octanol–water partition coefficient (Wildman–Crippen LogP) is 4.68. The van der Waals surface area contributed by atoms with Crippen LogP contribution >= 0.6 is 15.9 Å². The van der Waals surface area contributed by atoms with Crippen LogP contribution in [0, 0.1) is 10.1 Å². The molecule has 0 spiro atoms. The van der Waals surface area contributed by atoms with Crippen LogP contribution in [-0.2, 0) is 10.2 Å². The molecule has 0 radical (unpaired) electrons. The van der Waals surface area contributed by atoms with Gasteiger partial charge in [0.05, 0.1) is 17.7 Å². The number of nitro benzene ring substituents is 1. The summed E-state index contributed by atoms with van der Waals surface area (Å²) < 4.78 is 11.8. The molecule has 0 aliphatic heterocycles. The molecule has 1 N–H and O–H groups in total. The number of benzene rings is 2. The molecule has 0 saturated heterocycles. The number of ether oxygens (including phenoxy) is 2. The molecule has 0 aromatic heterocycles. The van der Waals surface area contributed by atoms with Gasteiger partial charge in [0.15, 0.2) is 6.61 Å². The van der Waals surface area contributed by atoms with Crippen molar-refractivity contribution in [1.29, 1.82) is 0 Å². The highest BCUT2D eigenvalue weighted by atomic mass is 79.9. The number of nitro groups is 1. The minimum atomic E-state index is -0.539. The maximum Gasteiger partial charge on any atom is 0.271 e. The van der Waals surface area contributed by atoms with Gasteiger partial charge in [-0.3, -0.25) is 14.9 Å². The first kappa shape index (κ1) is 20.7. The van der Waals surface area contributed by atoms with Crippen molar-refractivity contribution in [1.82, 2.24) is 0 Å². The Morgan fingerprint density at radius 1 is 1.19 bits per heavy atom. The van der Waals surface area contributed by atoms with Crippen molar-refractivity contribution in [2.45, 2.75) is 26.2 Å². The van der Waals surface area contributed by atoms with Gasteiger partial charge in [0.1, 0.15) is 11.5 Å². The Bertz CT molecular complexity index is 862. The first-order valence-electron chi connectivity index (χ1n) is 8.17. The number of amides is 1. The van der Waals surface area contributed by atoms with Gasteiger partial charge in [-0.1, -0.05) is 36.7 Å². The average Bonchev–Trinajstić information content (AvgIpc) is 2.59. The Balaban J connectivity index is 2.14. The smallest absolute Gasteiger partial charge is 0.271 e. The van der Waals surface area contributed by atoms with Crippen LogP contribution in [0.4, 0.5) is 11.4 Å². The first-order valence-corrected chi connectivity index (χ1v) is 8.96. The average molecular weight is 437 g/mol. The lowest BCUT2D eigenvalue weighted by Crippen LogP contribution is -2.22. The standard InChI is InChI=1S/C19H21BrN2O5/c1-19(2,3)14-9-12(20)5-7-16(14)27-11-18(23)21-15-10-13(22(24)25)6-8-17(15)26-4/h5-10H,11H2,1-4H3,(H,21,23). The fourth-order valence-corrected chi connectivity index (χ4v) is 2.81. The van der Waals surface area contributed by atoms with E-state index in [1.54, 1.807) is 6.07 Å². The summed E-state index contributed by atoms with van der Waals surface area (Å²) in [5.41, 5.74) is 0.860. The van der Waals surface area contributed by atoms with Crippen molar-refractivity contribution in [2.24, 2.45) is 0 Å². The minimum Gasteiger partial charge on any atom is -0.495 e. The number of nitrogens with zero attached hydrogens (tertiary/aromatic N) is 1. The van der Waals surface area contributed by atoms with Crippen molar-refractivity contribution in [3.8, 4) is 11.5 Å². The van der Waals surface area contributed by atoms with Crippen molar-refractivity contribution < 1.29 is 19.2 Å². The van der Waals surface area contributed by atoms with Crippen LogP contribution in [0.5, 0.6) is 11.5 Å². The number of rotatable bonds is 6. The van der Waals surface area contributed by atoms with Gasteiger partial charge in [-0.05, 0) is 29.7 Å². The second-order valence-electron chi connectivity index (χ2n) is 6.87. The summed E-state index contributed by atoms with van der Waals surface area (Å²) in [7, 11) is 1.42. The molecule has 1 amide bonds. The lowest BCUT2D eigenvalue weighted by Gasteiger charge is -2.23. The van der Waals surface area contributed by atoms with Crippen molar-refractivity contribution in [3.05, 3.63) is 56.5 Å². The second-order valence-corrected chi connectivity index (χ2v) is 7.78. The van der Waals surface area contributed by atoms with Crippen LogP contribution in [-0.4, -0.2) is 24.5 Å². The lowest BCUT2D eigenvalue weighted by atomic mass is 9.86. The highest BCUT2D eigenvalue weighted by molar-refractivity contribution is 9.10. The third-order valence-corrected chi connectivity index (χ3v) is 4.27. The zero-order valence-corrected chi connectivity index (χ0v) is 17.1. The van der Waals surface area contributed by atoms with Crippen molar-refractivity contribution >= 4 is 33.2 Å². The molecule has 7 nitrogen and oxygen atoms in total. The quantitative estimate of drug-likeness (QED) is 0.524. The van der Waals surface area contributed by atoms with Crippen LogP contribution in [0.25, 0.3) is 0 Å². The van der Waals surface area contributed by atoms with Crippen molar-refractivity contribution in [2.75, 3.05) is 19.0 Å². The fraction of sp³-hybridized carbons (Fsp3) is 0.316. The third-order valence-electron chi connectivity index (χ3n) is 3.78. The number of methoxy groups -OCH3 is 1. The molecular formula is C19H21BrN2O5. The number of hydrogen-bond acceptors (Lipinski definition) is 5. The van der Waals surface area contributed by atoms with Crippen LogP contribution in [0.1, 0.15) is 26.3 Å². The van der Waals surface area contributed by atoms with Gasteiger partial charge < -0.3 is 14.8 Å². The summed E-state index contributed by atoms with van der Waals surface area (Å²) in [5.74, 6) is 0.483. The van der Waals surface area contributed by atoms with Gasteiger partial charge in [-0.15, -0.1) is 0 Å². The normalized spacial score (nSPS) is 11.0. The Morgan fingerprint density at radius 2 is 1.85 bits per heavy atom. The largest absolute Gasteiger partial charge is 0.495 e. The van der Waals surface area contributed by atoms with Gasteiger partial charge in [0.25, 0.3) is 11.6 Å². The van der Waals surface area contributed by atoms with E-state index < -0.39 is 10.8 Å². The zero-order chi connectivity index (χ0) is 20.2. The maximum atomic E-state index is 12.3. The minimum absolute atomic E-state index is 0.144. The van der Waals surface area contributed by atoms with Crippen LogP contribution < -0.4 is 14.8 Å². The molecule has 0 fully saturated rings. The van der Waals surface area contributed by atoms with Gasteiger partial charge >= 0.3 is 0 Å². The molecule has 8 heteroatoms. The maximum absolute atomic E-state index is 12.3. The van der Waals surface area contributed by atoms with Crippen molar-refractivity contribution in [3.63, 3.8) is 0 Å². The fourth-order valence-electron chi connectivity index (χ4n) is 2.45. The molecule has 0 saturated carbocycles. The van der Waals surface area contributed by atoms with E-state index in [9.17, 15) is 14.9 Å². The predicted molar refractivity (Wildman–Crippen MR) is 107 cm³/mol. The molecule has 2 aromatic rings. The monoisotopic (exact) mass is 436 g/mol. The Labute approximate surface area is 166 Å². The molecule has 0 unspecified atom stereocenters. The summed E-state index contributed by atoms with van der Waals surface area (Å²) >= 11 is 3.44. The Kier molecular flexibility index (Phi) is 6.43. The zero-order valence-electron chi connectivity index (χ0n) is 15.5. The number of anilines is 1. The van der Waals surface area contributed by atoms with Gasteiger partial charge in [-0.25, -0.2) is 0 Å².